The Morgan fingerprint density at radius 2 is 1.83 bits per heavy atom. The van der Waals surface area contributed by atoms with Crippen LogP contribution >= 0.6 is 0 Å². The zero-order chi connectivity index (χ0) is 20.4. The van der Waals surface area contributed by atoms with Crippen LogP contribution in [0, 0.1) is 23.2 Å². The molecule has 4 aliphatic carbocycles. The normalized spacial score (nSPS) is 30.9. The molecule has 1 aromatic rings. The molecule has 0 aromatic heterocycles. The van der Waals surface area contributed by atoms with Crippen LogP contribution in [0.15, 0.2) is 30.3 Å². The van der Waals surface area contributed by atoms with Gasteiger partial charge in [-0.15, -0.1) is 0 Å². The van der Waals surface area contributed by atoms with Crippen molar-refractivity contribution in [2.45, 2.75) is 51.5 Å². The van der Waals surface area contributed by atoms with Gasteiger partial charge in [-0.05, 0) is 92.4 Å². The summed E-state index contributed by atoms with van der Waals surface area (Å²) in [5.74, 6) is 2.53. The molecule has 4 bridgehead atoms. The van der Waals surface area contributed by atoms with E-state index < -0.39 is 5.97 Å². The SMILES string of the molecule is COc1cccc(/C=C/C(=O)OCC(=O)N[C@H](C)C23CC4CC(CC(C4)C2)C3)c1. The summed E-state index contributed by atoms with van der Waals surface area (Å²) >= 11 is 0. The third-order valence-corrected chi connectivity index (χ3v) is 7.23. The fraction of sp³-hybridized carbons (Fsp3) is 0.583. The molecule has 5 nitrogen and oxygen atoms in total. The van der Waals surface area contributed by atoms with E-state index in [9.17, 15) is 9.59 Å². The Morgan fingerprint density at radius 1 is 1.17 bits per heavy atom. The van der Waals surface area contributed by atoms with Crippen molar-refractivity contribution in [2.75, 3.05) is 13.7 Å². The van der Waals surface area contributed by atoms with E-state index in [0.717, 1.165) is 29.1 Å². The summed E-state index contributed by atoms with van der Waals surface area (Å²) in [6.45, 7) is 1.90. The molecule has 0 unspecified atom stereocenters. The maximum absolute atomic E-state index is 12.4. The molecule has 5 heteroatoms. The Morgan fingerprint density at radius 3 is 2.45 bits per heavy atom. The van der Waals surface area contributed by atoms with Gasteiger partial charge in [0.2, 0.25) is 0 Å². The summed E-state index contributed by atoms with van der Waals surface area (Å²) in [5, 5.41) is 3.12. The second-order valence-electron chi connectivity index (χ2n) is 9.29. The van der Waals surface area contributed by atoms with E-state index in [4.69, 9.17) is 9.47 Å². The van der Waals surface area contributed by atoms with Crippen LogP contribution in [0.2, 0.25) is 0 Å². The second kappa shape index (κ2) is 8.21. The van der Waals surface area contributed by atoms with Crippen molar-refractivity contribution in [3.8, 4) is 5.75 Å². The summed E-state index contributed by atoms with van der Waals surface area (Å²) in [7, 11) is 1.60. The van der Waals surface area contributed by atoms with E-state index in [0.29, 0.717) is 0 Å². The molecule has 1 aromatic carbocycles. The van der Waals surface area contributed by atoms with E-state index in [1.165, 1.54) is 44.6 Å². The number of ether oxygens (including phenoxy) is 2. The predicted molar refractivity (Wildman–Crippen MR) is 111 cm³/mol. The van der Waals surface area contributed by atoms with Gasteiger partial charge in [0.15, 0.2) is 6.61 Å². The maximum atomic E-state index is 12.4. The van der Waals surface area contributed by atoms with Gasteiger partial charge < -0.3 is 14.8 Å². The third kappa shape index (κ3) is 4.49. The highest BCUT2D eigenvalue weighted by atomic mass is 16.5. The highest BCUT2D eigenvalue weighted by Crippen LogP contribution is 2.61. The van der Waals surface area contributed by atoms with Gasteiger partial charge in [0.1, 0.15) is 5.75 Å². The van der Waals surface area contributed by atoms with Gasteiger partial charge in [-0.3, -0.25) is 4.79 Å². The topological polar surface area (TPSA) is 64.6 Å². The summed E-state index contributed by atoms with van der Waals surface area (Å²) in [6.07, 6.45) is 10.9. The fourth-order valence-electron chi connectivity index (χ4n) is 6.24. The molecule has 1 N–H and O–H groups in total. The number of esters is 1. The van der Waals surface area contributed by atoms with Crippen molar-refractivity contribution in [1.82, 2.24) is 5.32 Å². The first-order valence-corrected chi connectivity index (χ1v) is 10.7. The van der Waals surface area contributed by atoms with Crippen molar-refractivity contribution >= 4 is 18.0 Å². The molecule has 29 heavy (non-hydrogen) atoms. The summed E-state index contributed by atoms with van der Waals surface area (Å²) < 4.78 is 10.3. The zero-order valence-corrected chi connectivity index (χ0v) is 17.4. The van der Waals surface area contributed by atoms with Gasteiger partial charge in [0.05, 0.1) is 7.11 Å². The lowest BCUT2D eigenvalue weighted by atomic mass is 9.48. The summed E-state index contributed by atoms with van der Waals surface area (Å²) in [4.78, 5) is 24.3. The van der Waals surface area contributed by atoms with Crippen LogP contribution in [0.4, 0.5) is 0 Å². The van der Waals surface area contributed by atoms with Crippen LogP contribution in [-0.4, -0.2) is 31.6 Å². The molecule has 4 aliphatic rings. The lowest BCUT2D eigenvalue weighted by molar-refractivity contribution is -0.145. The lowest BCUT2D eigenvalue weighted by Crippen LogP contribution is -2.56. The van der Waals surface area contributed by atoms with Gasteiger partial charge in [0, 0.05) is 12.1 Å². The third-order valence-electron chi connectivity index (χ3n) is 7.23. The Hall–Kier alpha value is -2.30. The first-order chi connectivity index (χ1) is 14.0. The minimum absolute atomic E-state index is 0.134. The van der Waals surface area contributed by atoms with Crippen LogP contribution in [0.3, 0.4) is 0 Å². The van der Waals surface area contributed by atoms with Crippen molar-refractivity contribution in [3.63, 3.8) is 0 Å². The molecule has 4 saturated carbocycles. The van der Waals surface area contributed by atoms with Crippen LogP contribution in [0.1, 0.15) is 51.0 Å². The number of carbonyl (C=O) groups excluding carboxylic acids is 2. The second-order valence-corrected chi connectivity index (χ2v) is 9.29. The minimum Gasteiger partial charge on any atom is -0.497 e. The van der Waals surface area contributed by atoms with Gasteiger partial charge in [-0.25, -0.2) is 4.79 Å². The Balaban J connectivity index is 1.25. The number of hydrogen-bond acceptors (Lipinski definition) is 4. The Bertz CT molecular complexity index is 765. The van der Waals surface area contributed by atoms with Crippen LogP contribution in [0.25, 0.3) is 6.08 Å². The molecule has 0 radical (unpaired) electrons. The number of carbonyl (C=O) groups is 2. The fourth-order valence-corrected chi connectivity index (χ4v) is 6.24. The van der Waals surface area contributed by atoms with Crippen LogP contribution in [-0.2, 0) is 14.3 Å². The van der Waals surface area contributed by atoms with Gasteiger partial charge >= 0.3 is 5.97 Å². The van der Waals surface area contributed by atoms with E-state index >= 15 is 0 Å². The standard InChI is InChI=1S/C24H31NO4/c1-16(24-12-18-8-19(13-24)10-20(9-18)14-24)25-22(26)15-29-23(27)7-6-17-4-3-5-21(11-17)28-2/h3-7,11,16,18-20H,8-10,12-15H2,1-2H3,(H,25,26)/b7-6+/t16-,18?,19?,20?,24?/m1/s1. The molecular formula is C24H31NO4. The summed E-state index contributed by atoms with van der Waals surface area (Å²) in [6, 6.07) is 7.51. The van der Waals surface area contributed by atoms with Gasteiger partial charge in [0.25, 0.3) is 5.91 Å². The molecule has 0 spiro atoms. The average molecular weight is 398 g/mol. The van der Waals surface area contributed by atoms with Crippen molar-refractivity contribution in [3.05, 3.63) is 35.9 Å². The number of rotatable bonds is 7. The number of amides is 1. The molecule has 0 aliphatic heterocycles. The predicted octanol–water partition coefficient (Wildman–Crippen LogP) is 3.97. The molecule has 1 amide bonds. The molecule has 0 saturated heterocycles. The highest BCUT2D eigenvalue weighted by molar-refractivity contribution is 5.89. The quantitative estimate of drug-likeness (QED) is 0.558. The average Bonchev–Trinajstić information content (AvgIpc) is 2.70. The van der Waals surface area contributed by atoms with E-state index in [-0.39, 0.29) is 24.0 Å². The Kier molecular flexibility index (Phi) is 5.66. The smallest absolute Gasteiger partial charge is 0.331 e. The Labute approximate surface area is 172 Å². The van der Waals surface area contributed by atoms with Crippen molar-refractivity contribution < 1.29 is 19.1 Å². The largest absolute Gasteiger partial charge is 0.497 e. The number of benzene rings is 1. The molecule has 0 heterocycles. The van der Waals surface area contributed by atoms with Crippen molar-refractivity contribution in [2.24, 2.45) is 23.2 Å². The molecule has 1 atom stereocenters. The zero-order valence-electron chi connectivity index (χ0n) is 17.4. The lowest BCUT2D eigenvalue weighted by Gasteiger charge is -2.59. The molecule has 5 rings (SSSR count). The van der Waals surface area contributed by atoms with Crippen LogP contribution in [0.5, 0.6) is 5.75 Å². The van der Waals surface area contributed by atoms with Gasteiger partial charge in [-0.2, -0.15) is 0 Å². The molecule has 156 valence electrons. The number of methoxy groups -OCH3 is 1. The highest BCUT2D eigenvalue weighted by Gasteiger charge is 2.53. The molecule has 4 fully saturated rings. The van der Waals surface area contributed by atoms with E-state index in [1.807, 2.05) is 24.3 Å². The van der Waals surface area contributed by atoms with E-state index in [2.05, 4.69) is 12.2 Å². The van der Waals surface area contributed by atoms with E-state index in [1.54, 1.807) is 13.2 Å². The minimum atomic E-state index is -0.523. The van der Waals surface area contributed by atoms with Crippen molar-refractivity contribution in [1.29, 1.82) is 0 Å². The number of nitrogens with one attached hydrogen (secondary N) is 1. The van der Waals surface area contributed by atoms with Crippen LogP contribution < -0.4 is 10.1 Å². The maximum Gasteiger partial charge on any atom is 0.331 e. The first-order valence-electron chi connectivity index (χ1n) is 10.7. The first kappa shape index (κ1) is 20.0. The number of hydrogen-bond donors (Lipinski definition) is 1. The monoisotopic (exact) mass is 397 g/mol. The summed E-state index contributed by atoms with van der Waals surface area (Å²) in [5.41, 5.74) is 1.09. The molecular weight excluding hydrogens is 366 g/mol. The van der Waals surface area contributed by atoms with Gasteiger partial charge in [-0.1, -0.05) is 12.1 Å².